The van der Waals surface area contributed by atoms with E-state index in [1.807, 2.05) is 25.1 Å². The van der Waals surface area contributed by atoms with E-state index >= 15 is 0 Å². The van der Waals surface area contributed by atoms with Crippen LogP contribution in [0.4, 0.5) is 11.4 Å². The van der Waals surface area contributed by atoms with Gasteiger partial charge in [-0.1, -0.05) is 25.5 Å². The van der Waals surface area contributed by atoms with Gasteiger partial charge in [-0.05, 0) is 18.6 Å². The number of rotatable bonds is 3. The Morgan fingerprint density at radius 2 is 2.22 bits per heavy atom. The summed E-state index contributed by atoms with van der Waals surface area (Å²) in [5.41, 5.74) is 7.21. The molecule has 96 valence electrons. The number of carbonyl (C=O) groups is 2. The van der Waals surface area contributed by atoms with Crippen LogP contribution in [0.25, 0.3) is 0 Å². The van der Waals surface area contributed by atoms with E-state index in [9.17, 15) is 9.59 Å². The smallest absolute Gasteiger partial charge is 0.244 e. The van der Waals surface area contributed by atoms with E-state index in [2.05, 4.69) is 5.32 Å². The first kappa shape index (κ1) is 12.6. The first-order valence-electron chi connectivity index (χ1n) is 6.09. The fraction of sp³-hybridized carbons (Fsp3) is 0.385. The normalized spacial score (nSPS) is 15.9. The van der Waals surface area contributed by atoms with Gasteiger partial charge in [0.2, 0.25) is 11.8 Å². The number of nitrogens with zero attached hydrogens (tertiary/aromatic N) is 1. The van der Waals surface area contributed by atoms with Gasteiger partial charge in [0.25, 0.3) is 0 Å². The molecule has 0 spiro atoms. The Morgan fingerprint density at radius 3 is 2.94 bits per heavy atom. The third kappa shape index (κ3) is 2.36. The van der Waals surface area contributed by atoms with Crippen LogP contribution in [0.1, 0.15) is 19.8 Å². The number of benzene rings is 1. The molecule has 0 unspecified atom stereocenters. The van der Waals surface area contributed by atoms with Crippen molar-refractivity contribution in [1.29, 1.82) is 0 Å². The number of anilines is 2. The van der Waals surface area contributed by atoms with Crippen LogP contribution in [0, 0.1) is 0 Å². The molecule has 1 aromatic rings. The number of nitrogens with one attached hydrogen (secondary N) is 1. The third-order valence-corrected chi connectivity index (χ3v) is 2.95. The first-order chi connectivity index (χ1) is 8.63. The van der Waals surface area contributed by atoms with Crippen molar-refractivity contribution in [2.45, 2.75) is 25.8 Å². The summed E-state index contributed by atoms with van der Waals surface area (Å²) in [4.78, 5) is 25.3. The minimum atomic E-state index is -0.547. The number of fused-ring (bicyclic) bond motifs is 1. The lowest BCUT2D eigenvalue weighted by Gasteiger charge is -2.30. The van der Waals surface area contributed by atoms with Crippen molar-refractivity contribution in [1.82, 2.24) is 0 Å². The van der Waals surface area contributed by atoms with Crippen LogP contribution in [0.15, 0.2) is 24.3 Å². The molecular weight excluding hydrogens is 230 g/mol. The van der Waals surface area contributed by atoms with Gasteiger partial charge in [-0.2, -0.15) is 0 Å². The lowest BCUT2D eigenvalue weighted by molar-refractivity contribution is -0.122. The molecule has 3 N–H and O–H groups in total. The quantitative estimate of drug-likeness (QED) is 0.839. The topological polar surface area (TPSA) is 75.4 Å². The highest BCUT2D eigenvalue weighted by molar-refractivity contribution is 6.11. The zero-order chi connectivity index (χ0) is 13.1. The highest BCUT2D eigenvalue weighted by Crippen LogP contribution is 2.29. The average Bonchev–Trinajstić information content (AvgIpc) is 2.37. The molecule has 0 saturated heterocycles. The summed E-state index contributed by atoms with van der Waals surface area (Å²) < 4.78 is 0. The Kier molecular flexibility index (Phi) is 3.62. The molecule has 1 atom stereocenters. The van der Waals surface area contributed by atoms with E-state index in [4.69, 9.17) is 5.73 Å². The van der Waals surface area contributed by atoms with Crippen molar-refractivity contribution in [3.8, 4) is 0 Å². The fourth-order valence-electron chi connectivity index (χ4n) is 2.06. The number of hydrogen-bond acceptors (Lipinski definition) is 3. The SMILES string of the molecule is CCC[C@H](N)C(=O)N1CC(=O)Nc2ccccc21. The number of para-hydroxylation sites is 2. The standard InChI is InChI=1S/C13H17N3O2/c1-2-5-9(14)13(18)16-8-12(17)15-10-6-3-4-7-11(10)16/h3-4,6-7,9H,2,5,8,14H2,1H3,(H,15,17)/t9-/m0/s1. The van der Waals surface area contributed by atoms with Gasteiger partial charge >= 0.3 is 0 Å². The molecule has 0 bridgehead atoms. The second kappa shape index (κ2) is 5.18. The third-order valence-electron chi connectivity index (χ3n) is 2.95. The van der Waals surface area contributed by atoms with Crippen LogP contribution in [0.5, 0.6) is 0 Å². The van der Waals surface area contributed by atoms with Crippen LogP contribution in [-0.4, -0.2) is 24.4 Å². The predicted octanol–water partition coefficient (Wildman–Crippen LogP) is 1.10. The Hall–Kier alpha value is -1.88. The van der Waals surface area contributed by atoms with Gasteiger partial charge in [0.1, 0.15) is 6.54 Å². The van der Waals surface area contributed by atoms with E-state index in [-0.39, 0.29) is 18.4 Å². The summed E-state index contributed by atoms with van der Waals surface area (Å²) in [6.45, 7) is 2.01. The van der Waals surface area contributed by atoms with Crippen LogP contribution < -0.4 is 16.0 Å². The number of hydrogen-bond donors (Lipinski definition) is 2. The molecule has 0 aromatic heterocycles. The Balaban J connectivity index is 2.28. The van der Waals surface area contributed by atoms with Crippen molar-refractivity contribution in [3.63, 3.8) is 0 Å². The average molecular weight is 247 g/mol. The highest BCUT2D eigenvalue weighted by Gasteiger charge is 2.29. The summed E-state index contributed by atoms with van der Waals surface area (Å²) in [6.07, 6.45) is 1.47. The van der Waals surface area contributed by atoms with Gasteiger partial charge in [-0.15, -0.1) is 0 Å². The Labute approximate surface area is 106 Å². The van der Waals surface area contributed by atoms with Gasteiger partial charge in [0.05, 0.1) is 17.4 Å². The molecule has 0 saturated carbocycles. The van der Waals surface area contributed by atoms with Crippen molar-refractivity contribution < 1.29 is 9.59 Å². The van der Waals surface area contributed by atoms with E-state index in [1.54, 1.807) is 6.07 Å². The lowest BCUT2D eigenvalue weighted by Crippen LogP contribution is -2.49. The molecule has 2 rings (SSSR count). The summed E-state index contributed by atoms with van der Waals surface area (Å²) in [5.74, 6) is -0.384. The second-order valence-electron chi connectivity index (χ2n) is 4.38. The molecule has 1 aromatic carbocycles. The summed E-state index contributed by atoms with van der Waals surface area (Å²) in [6, 6.07) is 6.69. The van der Waals surface area contributed by atoms with E-state index < -0.39 is 6.04 Å². The number of carbonyl (C=O) groups excluding carboxylic acids is 2. The molecule has 2 amide bonds. The van der Waals surface area contributed by atoms with Crippen LogP contribution in [-0.2, 0) is 9.59 Å². The highest BCUT2D eigenvalue weighted by atomic mass is 16.2. The Morgan fingerprint density at radius 1 is 1.50 bits per heavy atom. The number of amides is 2. The van der Waals surface area contributed by atoms with Crippen molar-refractivity contribution in [3.05, 3.63) is 24.3 Å². The largest absolute Gasteiger partial charge is 0.323 e. The maximum Gasteiger partial charge on any atom is 0.244 e. The fourth-order valence-corrected chi connectivity index (χ4v) is 2.06. The second-order valence-corrected chi connectivity index (χ2v) is 4.38. The first-order valence-corrected chi connectivity index (χ1v) is 6.09. The van der Waals surface area contributed by atoms with Crippen LogP contribution in [0.3, 0.4) is 0 Å². The summed E-state index contributed by atoms with van der Waals surface area (Å²) in [5, 5.41) is 2.74. The molecule has 1 heterocycles. The Bertz CT molecular complexity index is 473. The lowest BCUT2D eigenvalue weighted by atomic mass is 10.1. The molecule has 1 aliphatic rings. The monoisotopic (exact) mass is 247 g/mol. The van der Waals surface area contributed by atoms with E-state index in [0.29, 0.717) is 17.8 Å². The summed E-state index contributed by atoms with van der Waals surface area (Å²) in [7, 11) is 0. The molecule has 0 radical (unpaired) electrons. The van der Waals surface area contributed by atoms with Gasteiger partial charge < -0.3 is 11.1 Å². The zero-order valence-corrected chi connectivity index (χ0v) is 10.3. The molecule has 0 fully saturated rings. The van der Waals surface area contributed by atoms with E-state index in [1.165, 1.54) is 4.90 Å². The maximum absolute atomic E-state index is 12.2. The van der Waals surface area contributed by atoms with Gasteiger partial charge in [0, 0.05) is 0 Å². The maximum atomic E-state index is 12.2. The van der Waals surface area contributed by atoms with Gasteiger partial charge in [0.15, 0.2) is 0 Å². The van der Waals surface area contributed by atoms with Crippen LogP contribution >= 0.6 is 0 Å². The minimum absolute atomic E-state index is 0.0350. The predicted molar refractivity (Wildman–Crippen MR) is 70.3 cm³/mol. The van der Waals surface area contributed by atoms with Crippen molar-refractivity contribution in [2.75, 3.05) is 16.8 Å². The zero-order valence-electron chi connectivity index (χ0n) is 10.3. The van der Waals surface area contributed by atoms with Gasteiger partial charge in [-0.3, -0.25) is 14.5 Å². The van der Waals surface area contributed by atoms with E-state index in [0.717, 1.165) is 6.42 Å². The molecule has 5 nitrogen and oxygen atoms in total. The van der Waals surface area contributed by atoms with Crippen LogP contribution in [0.2, 0.25) is 0 Å². The minimum Gasteiger partial charge on any atom is -0.323 e. The molecular formula is C13H17N3O2. The van der Waals surface area contributed by atoms with Crippen molar-refractivity contribution in [2.24, 2.45) is 5.73 Å². The molecule has 18 heavy (non-hydrogen) atoms. The van der Waals surface area contributed by atoms with Crippen molar-refractivity contribution >= 4 is 23.2 Å². The number of nitrogens with two attached hydrogens (primary N) is 1. The summed E-state index contributed by atoms with van der Waals surface area (Å²) >= 11 is 0. The molecule has 1 aliphatic heterocycles. The molecule has 0 aliphatic carbocycles. The van der Waals surface area contributed by atoms with Gasteiger partial charge in [-0.25, -0.2) is 0 Å². The molecule has 5 heteroatoms.